The van der Waals surface area contributed by atoms with Crippen molar-refractivity contribution in [3.05, 3.63) is 48.3 Å². The van der Waals surface area contributed by atoms with Crippen LogP contribution in [0, 0.1) is 5.82 Å². The van der Waals surface area contributed by atoms with Gasteiger partial charge in [-0.25, -0.2) is 9.37 Å². The first-order chi connectivity index (χ1) is 8.25. The summed E-state index contributed by atoms with van der Waals surface area (Å²) in [4.78, 5) is 7.14. The third kappa shape index (κ3) is 1.54. The maximum absolute atomic E-state index is 13.5. The molecule has 0 bridgehead atoms. The fraction of sp³-hybridized carbons (Fsp3) is 0. The zero-order chi connectivity index (χ0) is 11.8. The van der Waals surface area contributed by atoms with E-state index >= 15 is 0 Å². The number of nitrogens with zero attached hydrogens (tertiary/aromatic N) is 1. The van der Waals surface area contributed by atoms with Crippen LogP contribution in [0.15, 0.2) is 42.5 Å². The van der Waals surface area contributed by atoms with Gasteiger partial charge in [0, 0.05) is 0 Å². The van der Waals surface area contributed by atoms with Gasteiger partial charge < -0.3 is 10.1 Å². The number of para-hydroxylation sites is 2. The topological polar surface area (TPSA) is 48.9 Å². The largest absolute Gasteiger partial charge is 0.507 e. The van der Waals surface area contributed by atoms with Crippen molar-refractivity contribution < 1.29 is 9.50 Å². The van der Waals surface area contributed by atoms with E-state index in [0.29, 0.717) is 16.9 Å². The molecule has 0 saturated carbocycles. The van der Waals surface area contributed by atoms with E-state index < -0.39 is 0 Å². The van der Waals surface area contributed by atoms with Crippen LogP contribution in [0.3, 0.4) is 0 Å². The van der Waals surface area contributed by atoms with Gasteiger partial charge >= 0.3 is 0 Å². The van der Waals surface area contributed by atoms with Crippen molar-refractivity contribution in [1.82, 2.24) is 9.97 Å². The fourth-order valence-corrected chi connectivity index (χ4v) is 1.80. The number of phenolic OH excluding ortho intramolecular Hbond substituents is 1. The van der Waals surface area contributed by atoms with E-state index in [9.17, 15) is 9.50 Å². The first-order valence-electron chi connectivity index (χ1n) is 5.18. The Labute approximate surface area is 96.6 Å². The molecule has 0 saturated heterocycles. The standard InChI is InChI=1S/C13H9FN2O/c14-9-5-3-6-10-12(9)16-13(15-10)8-4-1-2-7-11(8)17/h1-7,17H,(H,15,16). The van der Waals surface area contributed by atoms with Gasteiger partial charge in [0.2, 0.25) is 0 Å². The number of imidazole rings is 1. The number of aromatic hydroxyl groups is 1. The highest BCUT2D eigenvalue weighted by Crippen LogP contribution is 2.28. The number of phenols is 1. The molecule has 0 atom stereocenters. The Bertz CT molecular complexity index is 691. The lowest BCUT2D eigenvalue weighted by Crippen LogP contribution is -1.80. The molecule has 1 aromatic heterocycles. The number of hydrogen-bond acceptors (Lipinski definition) is 2. The van der Waals surface area contributed by atoms with E-state index in [0.717, 1.165) is 0 Å². The average molecular weight is 228 g/mol. The Morgan fingerprint density at radius 1 is 1.06 bits per heavy atom. The van der Waals surface area contributed by atoms with Crippen molar-refractivity contribution in [2.75, 3.05) is 0 Å². The zero-order valence-electron chi connectivity index (χ0n) is 8.81. The maximum Gasteiger partial charge on any atom is 0.151 e. The number of nitrogens with one attached hydrogen (secondary N) is 1. The van der Waals surface area contributed by atoms with Crippen LogP contribution in [0.1, 0.15) is 0 Å². The molecule has 2 aromatic carbocycles. The first-order valence-corrected chi connectivity index (χ1v) is 5.18. The predicted molar refractivity (Wildman–Crippen MR) is 63.2 cm³/mol. The molecule has 0 spiro atoms. The summed E-state index contributed by atoms with van der Waals surface area (Å²) in [5, 5.41) is 9.70. The molecule has 0 unspecified atom stereocenters. The van der Waals surface area contributed by atoms with E-state index in [1.54, 1.807) is 36.4 Å². The quantitative estimate of drug-likeness (QED) is 0.672. The van der Waals surface area contributed by atoms with Crippen molar-refractivity contribution in [3.63, 3.8) is 0 Å². The van der Waals surface area contributed by atoms with Gasteiger partial charge in [-0.1, -0.05) is 18.2 Å². The van der Waals surface area contributed by atoms with Crippen molar-refractivity contribution in [2.24, 2.45) is 0 Å². The molecule has 1 heterocycles. The molecule has 3 nitrogen and oxygen atoms in total. The third-order valence-corrected chi connectivity index (χ3v) is 2.62. The molecule has 2 N–H and O–H groups in total. The summed E-state index contributed by atoms with van der Waals surface area (Å²) < 4.78 is 13.5. The maximum atomic E-state index is 13.5. The molecule has 4 heteroatoms. The number of benzene rings is 2. The molecule has 0 amide bonds. The Kier molecular flexibility index (Phi) is 2.08. The average Bonchev–Trinajstić information content (AvgIpc) is 2.75. The second-order valence-corrected chi connectivity index (χ2v) is 3.74. The van der Waals surface area contributed by atoms with Crippen LogP contribution < -0.4 is 0 Å². The van der Waals surface area contributed by atoms with Gasteiger partial charge in [-0.15, -0.1) is 0 Å². The monoisotopic (exact) mass is 228 g/mol. The Morgan fingerprint density at radius 3 is 2.65 bits per heavy atom. The third-order valence-electron chi connectivity index (χ3n) is 2.62. The molecule has 84 valence electrons. The molecule has 0 radical (unpaired) electrons. The van der Waals surface area contributed by atoms with Crippen molar-refractivity contribution in [1.29, 1.82) is 0 Å². The van der Waals surface area contributed by atoms with Crippen LogP contribution in [0.25, 0.3) is 22.4 Å². The molecule has 17 heavy (non-hydrogen) atoms. The number of H-pyrrole nitrogens is 1. The van der Waals surface area contributed by atoms with E-state index in [2.05, 4.69) is 9.97 Å². The van der Waals surface area contributed by atoms with E-state index in [4.69, 9.17) is 0 Å². The van der Waals surface area contributed by atoms with E-state index in [-0.39, 0.29) is 17.1 Å². The normalized spacial score (nSPS) is 10.9. The molecule has 0 fully saturated rings. The predicted octanol–water partition coefficient (Wildman–Crippen LogP) is 3.07. The number of halogens is 1. The molecule has 0 aliphatic heterocycles. The molecular formula is C13H9FN2O. The van der Waals surface area contributed by atoms with Gasteiger partial charge in [0.1, 0.15) is 17.1 Å². The summed E-state index contributed by atoms with van der Waals surface area (Å²) >= 11 is 0. The van der Waals surface area contributed by atoms with Crippen molar-refractivity contribution in [3.8, 4) is 17.1 Å². The van der Waals surface area contributed by atoms with E-state index in [1.165, 1.54) is 6.07 Å². The van der Waals surface area contributed by atoms with Crippen LogP contribution >= 0.6 is 0 Å². The molecular weight excluding hydrogens is 219 g/mol. The lowest BCUT2D eigenvalue weighted by atomic mass is 10.2. The summed E-state index contributed by atoms with van der Waals surface area (Å²) in [5.41, 5.74) is 1.46. The molecule has 0 aliphatic carbocycles. The molecule has 0 aliphatic rings. The minimum Gasteiger partial charge on any atom is -0.507 e. The summed E-state index contributed by atoms with van der Waals surface area (Å²) in [6.07, 6.45) is 0. The highest BCUT2D eigenvalue weighted by Gasteiger charge is 2.10. The molecule has 3 rings (SSSR count). The van der Waals surface area contributed by atoms with Crippen molar-refractivity contribution >= 4 is 11.0 Å². The van der Waals surface area contributed by atoms with Gasteiger partial charge in [-0.3, -0.25) is 0 Å². The summed E-state index contributed by atoms with van der Waals surface area (Å²) in [6, 6.07) is 11.5. The lowest BCUT2D eigenvalue weighted by Gasteiger charge is -1.98. The van der Waals surface area contributed by atoms with Gasteiger partial charge in [-0.05, 0) is 24.3 Å². The van der Waals surface area contributed by atoms with Crippen LogP contribution in [-0.4, -0.2) is 15.1 Å². The SMILES string of the molecule is Oc1ccccc1-c1nc2c(F)cccc2[nH]1. The second kappa shape index (κ2) is 3.59. The van der Waals surface area contributed by atoms with Crippen LogP contribution in [0.5, 0.6) is 5.75 Å². The number of aromatic amines is 1. The highest BCUT2D eigenvalue weighted by molar-refractivity contribution is 5.80. The van der Waals surface area contributed by atoms with Crippen LogP contribution in [-0.2, 0) is 0 Å². The van der Waals surface area contributed by atoms with Gasteiger partial charge in [0.25, 0.3) is 0 Å². The number of aromatic nitrogens is 2. The molecule has 3 aromatic rings. The van der Waals surface area contributed by atoms with Crippen LogP contribution in [0.4, 0.5) is 4.39 Å². The summed E-state index contributed by atoms with van der Waals surface area (Å²) in [6.45, 7) is 0. The number of fused-ring (bicyclic) bond motifs is 1. The van der Waals surface area contributed by atoms with E-state index in [1.807, 2.05) is 0 Å². The second-order valence-electron chi connectivity index (χ2n) is 3.74. The minimum absolute atomic E-state index is 0.118. The van der Waals surface area contributed by atoms with Gasteiger partial charge in [0.15, 0.2) is 5.82 Å². The minimum atomic E-state index is -0.375. The number of rotatable bonds is 1. The van der Waals surface area contributed by atoms with Gasteiger partial charge in [0.05, 0.1) is 11.1 Å². The zero-order valence-corrected chi connectivity index (χ0v) is 8.81. The van der Waals surface area contributed by atoms with Crippen LogP contribution in [0.2, 0.25) is 0 Å². The number of hydrogen-bond donors (Lipinski definition) is 2. The van der Waals surface area contributed by atoms with Crippen molar-refractivity contribution in [2.45, 2.75) is 0 Å². The lowest BCUT2D eigenvalue weighted by molar-refractivity contribution is 0.477. The smallest absolute Gasteiger partial charge is 0.151 e. The first kappa shape index (κ1) is 9.84. The Morgan fingerprint density at radius 2 is 1.88 bits per heavy atom. The summed E-state index contributed by atoms with van der Waals surface area (Å²) in [5.74, 6) is 0.204. The fourth-order valence-electron chi connectivity index (χ4n) is 1.80. The Balaban J connectivity index is 2.26. The summed E-state index contributed by atoms with van der Waals surface area (Å²) in [7, 11) is 0. The van der Waals surface area contributed by atoms with Gasteiger partial charge in [-0.2, -0.15) is 0 Å². The Hall–Kier alpha value is -2.36. The highest BCUT2D eigenvalue weighted by atomic mass is 19.1.